The summed E-state index contributed by atoms with van der Waals surface area (Å²) in [4.78, 5) is 4.27. The van der Waals surface area contributed by atoms with E-state index < -0.39 is 0 Å². The number of benzene rings is 1. The first-order valence-electron chi connectivity index (χ1n) is 5.51. The van der Waals surface area contributed by atoms with Gasteiger partial charge in [0, 0.05) is 19.3 Å². The number of nitrogens with zero attached hydrogens (tertiary/aromatic N) is 1. The molecule has 0 fully saturated rings. The summed E-state index contributed by atoms with van der Waals surface area (Å²) in [5.74, 6) is 0. The molecule has 0 amide bonds. The van der Waals surface area contributed by atoms with Gasteiger partial charge in [0.05, 0.1) is 5.69 Å². The Morgan fingerprint density at radius 2 is 1.76 bits per heavy atom. The second kappa shape index (κ2) is 7.05. The molecular formula is C14H17ClN2. The first-order chi connectivity index (χ1) is 7.86. The van der Waals surface area contributed by atoms with E-state index in [4.69, 9.17) is 0 Å². The third kappa shape index (κ3) is 4.17. The van der Waals surface area contributed by atoms with Crippen LogP contribution < -0.4 is 5.32 Å². The number of hydrogen-bond acceptors (Lipinski definition) is 2. The summed E-state index contributed by atoms with van der Waals surface area (Å²) in [6.07, 6.45) is 1.82. The minimum absolute atomic E-state index is 0. The van der Waals surface area contributed by atoms with E-state index in [1.807, 2.05) is 24.4 Å². The normalized spacial score (nSPS) is 9.71. The van der Waals surface area contributed by atoms with E-state index in [1.165, 1.54) is 11.1 Å². The molecular weight excluding hydrogens is 232 g/mol. The number of aryl methyl sites for hydroxylation is 1. The maximum absolute atomic E-state index is 4.27. The Morgan fingerprint density at radius 3 is 2.47 bits per heavy atom. The minimum Gasteiger partial charge on any atom is -0.307 e. The van der Waals surface area contributed by atoms with Gasteiger partial charge < -0.3 is 5.32 Å². The Balaban J connectivity index is 0.00000144. The Morgan fingerprint density at radius 1 is 1.00 bits per heavy atom. The summed E-state index contributed by atoms with van der Waals surface area (Å²) in [6, 6.07) is 14.4. The molecule has 0 bridgehead atoms. The topological polar surface area (TPSA) is 24.9 Å². The predicted octanol–water partition coefficient (Wildman–Crippen LogP) is 3.10. The average molecular weight is 249 g/mol. The number of aromatic nitrogens is 1. The zero-order valence-corrected chi connectivity index (χ0v) is 10.7. The fraction of sp³-hybridized carbons (Fsp3) is 0.214. The van der Waals surface area contributed by atoms with Crippen molar-refractivity contribution >= 4 is 12.4 Å². The smallest absolute Gasteiger partial charge is 0.0541 e. The highest BCUT2D eigenvalue weighted by molar-refractivity contribution is 5.85. The van der Waals surface area contributed by atoms with Crippen LogP contribution in [0.15, 0.2) is 48.7 Å². The lowest BCUT2D eigenvalue weighted by molar-refractivity contribution is 0.677. The lowest BCUT2D eigenvalue weighted by Gasteiger charge is -2.06. The van der Waals surface area contributed by atoms with E-state index in [-0.39, 0.29) is 12.4 Å². The van der Waals surface area contributed by atoms with Crippen molar-refractivity contribution in [3.05, 3.63) is 65.5 Å². The molecule has 90 valence electrons. The van der Waals surface area contributed by atoms with Gasteiger partial charge in [-0.2, -0.15) is 0 Å². The first-order valence-corrected chi connectivity index (χ1v) is 5.51. The number of halogens is 1. The van der Waals surface area contributed by atoms with Gasteiger partial charge in [-0.25, -0.2) is 0 Å². The van der Waals surface area contributed by atoms with Crippen molar-refractivity contribution in [3.63, 3.8) is 0 Å². The van der Waals surface area contributed by atoms with E-state index >= 15 is 0 Å². The van der Waals surface area contributed by atoms with E-state index in [2.05, 4.69) is 41.5 Å². The Kier molecular flexibility index (Phi) is 5.67. The third-order valence-corrected chi connectivity index (χ3v) is 2.61. The van der Waals surface area contributed by atoms with Crippen LogP contribution in [0.25, 0.3) is 0 Å². The molecule has 1 heterocycles. The highest BCUT2D eigenvalue weighted by atomic mass is 35.5. The lowest BCUT2D eigenvalue weighted by Crippen LogP contribution is -2.14. The number of nitrogens with one attached hydrogen (secondary N) is 1. The molecule has 0 saturated heterocycles. The maximum Gasteiger partial charge on any atom is 0.0541 e. The summed E-state index contributed by atoms with van der Waals surface area (Å²) in [6.45, 7) is 3.84. The van der Waals surface area contributed by atoms with Crippen LogP contribution in [0.2, 0.25) is 0 Å². The van der Waals surface area contributed by atoms with Gasteiger partial charge in [0.15, 0.2) is 0 Å². The SMILES string of the molecule is Cc1ccccc1CNCc1ccccn1.Cl. The summed E-state index contributed by atoms with van der Waals surface area (Å²) < 4.78 is 0. The molecule has 17 heavy (non-hydrogen) atoms. The third-order valence-electron chi connectivity index (χ3n) is 2.61. The molecule has 1 aromatic heterocycles. The van der Waals surface area contributed by atoms with Crippen molar-refractivity contribution in [3.8, 4) is 0 Å². The molecule has 0 aliphatic rings. The van der Waals surface area contributed by atoms with Gasteiger partial charge in [-0.1, -0.05) is 30.3 Å². The van der Waals surface area contributed by atoms with Gasteiger partial charge in [-0.05, 0) is 30.2 Å². The molecule has 2 rings (SSSR count). The van der Waals surface area contributed by atoms with Crippen LogP contribution >= 0.6 is 12.4 Å². The van der Waals surface area contributed by atoms with Crippen LogP contribution in [0.5, 0.6) is 0 Å². The molecule has 2 aromatic rings. The van der Waals surface area contributed by atoms with E-state index in [0.29, 0.717) is 0 Å². The summed E-state index contributed by atoms with van der Waals surface area (Å²) in [5, 5.41) is 3.40. The van der Waals surface area contributed by atoms with Crippen LogP contribution in [0, 0.1) is 6.92 Å². The average Bonchev–Trinajstić information content (AvgIpc) is 2.33. The number of pyridine rings is 1. The molecule has 0 aliphatic carbocycles. The number of rotatable bonds is 4. The van der Waals surface area contributed by atoms with Gasteiger partial charge in [-0.15, -0.1) is 12.4 Å². The lowest BCUT2D eigenvalue weighted by atomic mass is 10.1. The van der Waals surface area contributed by atoms with Gasteiger partial charge in [-0.3, -0.25) is 4.98 Å². The molecule has 0 aliphatic heterocycles. The van der Waals surface area contributed by atoms with Crippen LogP contribution in [-0.2, 0) is 13.1 Å². The van der Waals surface area contributed by atoms with Gasteiger partial charge in [0.1, 0.15) is 0 Å². The quantitative estimate of drug-likeness (QED) is 0.900. The summed E-state index contributed by atoms with van der Waals surface area (Å²) in [5.41, 5.74) is 3.76. The van der Waals surface area contributed by atoms with Gasteiger partial charge >= 0.3 is 0 Å². The van der Waals surface area contributed by atoms with E-state index in [1.54, 1.807) is 0 Å². The first kappa shape index (κ1) is 13.7. The van der Waals surface area contributed by atoms with Crippen molar-refractivity contribution in [2.45, 2.75) is 20.0 Å². The van der Waals surface area contributed by atoms with Crippen LogP contribution in [-0.4, -0.2) is 4.98 Å². The molecule has 0 spiro atoms. The fourth-order valence-electron chi connectivity index (χ4n) is 1.64. The van der Waals surface area contributed by atoms with Gasteiger partial charge in [0.25, 0.3) is 0 Å². The highest BCUT2D eigenvalue weighted by Crippen LogP contribution is 2.06. The van der Waals surface area contributed by atoms with Crippen molar-refractivity contribution < 1.29 is 0 Å². The van der Waals surface area contributed by atoms with Crippen molar-refractivity contribution in [1.29, 1.82) is 0 Å². The van der Waals surface area contributed by atoms with Crippen molar-refractivity contribution in [1.82, 2.24) is 10.3 Å². The Hall–Kier alpha value is -1.38. The minimum atomic E-state index is 0. The van der Waals surface area contributed by atoms with E-state index in [0.717, 1.165) is 18.8 Å². The van der Waals surface area contributed by atoms with Crippen LogP contribution in [0.4, 0.5) is 0 Å². The van der Waals surface area contributed by atoms with E-state index in [9.17, 15) is 0 Å². The molecule has 3 heteroatoms. The largest absolute Gasteiger partial charge is 0.307 e. The number of hydrogen-bond donors (Lipinski definition) is 1. The fourth-order valence-corrected chi connectivity index (χ4v) is 1.64. The van der Waals surface area contributed by atoms with Crippen molar-refractivity contribution in [2.24, 2.45) is 0 Å². The molecule has 1 aromatic carbocycles. The zero-order chi connectivity index (χ0) is 11.2. The van der Waals surface area contributed by atoms with Crippen molar-refractivity contribution in [2.75, 3.05) is 0 Å². The monoisotopic (exact) mass is 248 g/mol. The molecule has 0 atom stereocenters. The predicted molar refractivity (Wildman–Crippen MR) is 73.2 cm³/mol. The Bertz CT molecular complexity index is 443. The highest BCUT2D eigenvalue weighted by Gasteiger charge is 1.96. The maximum atomic E-state index is 4.27. The summed E-state index contributed by atoms with van der Waals surface area (Å²) in [7, 11) is 0. The molecule has 1 N–H and O–H groups in total. The second-order valence-corrected chi connectivity index (χ2v) is 3.85. The van der Waals surface area contributed by atoms with Gasteiger partial charge in [0.2, 0.25) is 0 Å². The molecule has 0 unspecified atom stereocenters. The summed E-state index contributed by atoms with van der Waals surface area (Å²) >= 11 is 0. The molecule has 0 radical (unpaired) electrons. The van der Waals surface area contributed by atoms with Crippen LogP contribution in [0.3, 0.4) is 0 Å². The van der Waals surface area contributed by atoms with Crippen LogP contribution in [0.1, 0.15) is 16.8 Å². The molecule has 0 saturated carbocycles. The Labute approximate surface area is 109 Å². The second-order valence-electron chi connectivity index (χ2n) is 3.85. The molecule has 2 nitrogen and oxygen atoms in total. The standard InChI is InChI=1S/C14H16N2.ClH/c1-12-6-2-3-7-13(12)10-15-11-14-8-4-5-9-16-14;/h2-9,15H,10-11H2,1H3;1H. The zero-order valence-electron chi connectivity index (χ0n) is 9.89.